The fourth-order valence-electron chi connectivity index (χ4n) is 1.71. The maximum Gasteiger partial charge on any atom is 0.348 e. The van der Waals surface area contributed by atoms with Crippen LogP contribution in [0.15, 0.2) is 0 Å². The zero-order valence-electron chi connectivity index (χ0n) is 13.6. The third-order valence-corrected chi connectivity index (χ3v) is 3.97. The van der Waals surface area contributed by atoms with Gasteiger partial charge < -0.3 is 24.3 Å². The van der Waals surface area contributed by atoms with E-state index in [1.54, 1.807) is 0 Å². The summed E-state index contributed by atoms with van der Waals surface area (Å²) in [5.41, 5.74) is 0.366. The van der Waals surface area contributed by atoms with E-state index in [0.717, 1.165) is 11.3 Å². The number of thiophene rings is 1. The van der Waals surface area contributed by atoms with Crippen LogP contribution in [0.4, 0.5) is 5.00 Å². The number of ether oxygens (including phenoxy) is 4. The molecule has 1 heterocycles. The molecular weight excluding hydrogens is 342 g/mol. The molecule has 1 rings (SSSR count). The zero-order valence-corrected chi connectivity index (χ0v) is 14.4. The quantitative estimate of drug-likeness (QED) is 0.560. The first-order valence-electron chi connectivity index (χ1n) is 6.60. The number of methoxy groups -OCH3 is 3. The highest BCUT2D eigenvalue weighted by molar-refractivity contribution is 7.18. The molecule has 24 heavy (non-hydrogen) atoms. The van der Waals surface area contributed by atoms with Gasteiger partial charge >= 0.3 is 17.9 Å². The number of nitrogens with one attached hydrogen (secondary N) is 1. The summed E-state index contributed by atoms with van der Waals surface area (Å²) in [6, 6.07) is 0. The molecule has 9 nitrogen and oxygen atoms in total. The van der Waals surface area contributed by atoms with E-state index in [1.165, 1.54) is 28.3 Å². The van der Waals surface area contributed by atoms with Gasteiger partial charge in [0, 0.05) is 7.11 Å². The maximum atomic E-state index is 11.9. The van der Waals surface area contributed by atoms with Gasteiger partial charge in [-0.1, -0.05) is 0 Å². The number of hydrogen-bond acceptors (Lipinski definition) is 9. The number of rotatable bonds is 7. The molecule has 0 aliphatic heterocycles. The monoisotopic (exact) mass is 359 g/mol. The molecule has 0 unspecified atom stereocenters. The van der Waals surface area contributed by atoms with Crippen LogP contribution in [0.2, 0.25) is 0 Å². The third-order valence-electron chi connectivity index (χ3n) is 2.79. The van der Waals surface area contributed by atoms with Gasteiger partial charge in [0.15, 0.2) is 6.61 Å². The highest BCUT2D eigenvalue weighted by atomic mass is 32.1. The largest absolute Gasteiger partial charge is 0.465 e. The SMILES string of the molecule is COCC(=O)OCC(=O)Nc1sc(C(=O)OC)c(C)c1C(=O)OC. The Labute approximate surface area is 141 Å². The zero-order chi connectivity index (χ0) is 18.3. The van der Waals surface area contributed by atoms with Gasteiger partial charge in [0.05, 0.1) is 19.8 Å². The van der Waals surface area contributed by atoms with Crippen molar-refractivity contribution in [2.24, 2.45) is 0 Å². The van der Waals surface area contributed by atoms with Gasteiger partial charge in [-0.05, 0) is 12.5 Å². The average Bonchev–Trinajstić information content (AvgIpc) is 2.88. The van der Waals surface area contributed by atoms with Crippen molar-refractivity contribution in [2.75, 3.05) is 39.9 Å². The van der Waals surface area contributed by atoms with E-state index in [2.05, 4.69) is 24.3 Å². The van der Waals surface area contributed by atoms with Gasteiger partial charge in [-0.3, -0.25) is 4.79 Å². The van der Waals surface area contributed by atoms with Gasteiger partial charge in [-0.2, -0.15) is 0 Å². The Hall–Kier alpha value is -2.46. The van der Waals surface area contributed by atoms with Crippen LogP contribution in [-0.2, 0) is 28.5 Å². The molecule has 0 fully saturated rings. The fourth-order valence-corrected chi connectivity index (χ4v) is 2.83. The summed E-state index contributed by atoms with van der Waals surface area (Å²) >= 11 is 0.863. The molecule has 0 aromatic carbocycles. The van der Waals surface area contributed by atoms with Crippen molar-refractivity contribution in [3.05, 3.63) is 16.0 Å². The highest BCUT2D eigenvalue weighted by Gasteiger charge is 2.26. The van der Waals surface area contributed by atoms with E-state index >= 15 is 0 Å². The van der Waals surface area contributed by atoms with E-state index < -0.39 is 30.4 Å². The Morgan fingerprint density at radius 1 is 1.00 bits per heavy atom. The summed E-state index contributed by atoms with van der Waals surface area (Å²) < 4.78 is 18.5. The van der Waals surface area contributed by atoms with Gasteiger partial charge in [0.2, 0.25) is 0 Å². The van der Waals surface area contributed by atoms with E-state index in [0.29, 0.717) is 5.56 Å². The lowest BCUT2D eigenvalue weighted by molar-refractivity contribution is -0.150. The predicted molar refractivity (Wildman–Crippen MR) is 83.2 cm³/mol. The van der Waals surface area contributed by atoms with E-state index in [-0.39, 0.29) is 22.0 Å². The van der Waals surface area contributed by atoms with Crippen LogP contribution in [0.3, 0.4) is 0 Å². The van der Waals surface area contributed by atoms with Crippen LogP contribution in [0.25, 0.3) is 0 Å². The van der Waals surface area contributed by atoms with Crippen molar-refractivity contribution in [2.45, 2.75) is 6.92 Å². The Bertz CT molecular complexity index is 651. The number of hydrogen-bond donors (Lipinski definition) is 1. The Morgan fingerprint density at radius 2 is 1.62 bits per heavy atom. The minimum absolute atomic E-state index is 0.0412. The van der Waals surface area contributed by atoms with Crippen LogP contribution in [0, 0.1) is 6.92 Å². The van der Waals surface area contributed by atoms with Crippen LogP contribution in [-0.4, -0.2) is 58.4 Å². The minimum atomic E-state index is -0.717. The highest BCUT2D eigenvalue weighted by Crippen LogP contribution is 2.34. The second-order valence-corrected chi connectivity index (χ2v) is 5.41. The summed E-state index contributed by atoms with van der Waals surface area (Å²) in [6.45, 7) is 0.682. The molecule has 0 atom stereocenters. The lowest BCUT2D eigenvalue weighted by Crippen LogP contribution is -2.23. The minimum Gasteiger partial charge on any atom is -0.465 e. The van der Waals surface area contributed by atoms with Gasteiger partial charge in [0.1, 0.15) is 16.5 Å². The van der Waals surface area contributed by atoms with Crippen LogP contribution < -0.4 is 5.32 Å². The second-order valence-electron chi connectivity index (χ2n) is 4.39. The lowest BCUT2D eigenvalue weighted by atomic mass is 10.1. The van der Waals surface area contributed by atoms with Crippen molar-refractivity contribution in [3.63, 3.8) is 0 Å². The third kappa shape index (κ3) is 4.77. The van der Waals surface area contributed by atoms with Crippen LogP contribution in [0.5, 0.6) is 0 Å². The number of anilines is 1. The molecule has 1 amide bonds. The predicted octanol–water partition coefficient (Wildman–Crippen LogP) is 0.758. The van der Waals surface area contributed by atoms with Crippen molar-refractivity contribution < 1.29 is 38.1 Å². The fraction of sp³-hybridized carbons (Fsp3) is 0.429. The molecule has 0 aliphatic rings. The second kappa shape index (κ2) is 8.99. The summed E-state index contributed by atoms with van der Waals surface area (Å²) in [5, 5.41) is 2.52. The first-order valence-corrected chi connectivity index (χ1v) is 7.41. The number of carbonyl (C=O) groups is 4. The molecule has 1 aromatic heterocycles. The first kappa shape index (κ1) is 19.6. The van der Waals surface area contributed by atoms with E-state index in [1.807, 2.05) is 0 Å². The van der Waals surface area contributed by atoms with Gasteiger partial charge in [-0.25, -0.2) is 14.4 Å². The Balaban J connectivity index is 2.97. The molecular formula is C14H17NO8S. The summed E-state index contributed by atoms with van der Waals surface area (Å²) in [5.74, 6) is -2.75. The van der Waals surface area contributed by atoms with Crippen molar-refractivity contribution in [1.29, 1.82) is 0 Å². The van der Waals surface area contributed by atoms with E-state index in [9.17, 15) is 19.2 Å². The van der Waals surface area contributed by atoms with Crippen molar-refractivity contribution >= 4 is 40.2 Å². The molecule has 0 saturated heterocycles. The lowest BCUT2D eigenvalue weighted by Gasteiger charge is -2.06. The van der Waals surface area contributed by atoms with Gasteiger partial charge in [-0.15, -0.1) is 11.3 Å². The molecule has 132 valence electrons. The molecule has 0 bridgehead atoms. The van der Waals surface area contributed by atoms with Crippen molar-refractivity contribution in [1.82, 2.24) is 0 Å². The summed E-state index contributed by atoms with van der Waals surface area (Å²) in [7, 11) is 3.69. The number of carbonyl (C=O) groups excluding carboxylic acids is 4. The normalized spacial score (nSPS) is 10.0. The Kier molecular flexibility index (Phi) is 7.33. The molecule has 1 N–H and O–H groups in total. The molecule has 1 aromatic rings. The van der Waals surface area contributed by atoms with Crippen molar-refractivity contribution in [3.8, 4) is 0 Å². The smallest absolute Gasteiger partial charge is 0.348 e. The summed E-state index contributed by atoms with van der Waals surface area (Å²) in [6.07, 6.45) is 0. The average molecular weight is 359 g/mol. The molecule has 0 aliphatic carbocycles. The standard InChI is InChI=1S/C14H17NO8S/c1-7-10(13(18)21-3)12(24-11(7)14(19)22-4)15-8(16)5-23-9(17)6-20-2/h5-6H2,1-4H3,(H,15,16). The number of esters is 3. The van der Waals surface area contributed by atoms with Gasteiger partial charge in [0.25, 0.3) is 5.91 Å². The van der Waals surface area contributed by atoms with Crippen LogP contribution >= 0.6 is 11.3 Å². The molecule has 10 heteroatoms. The Morgan fingerprint density at radius 3 is 2.17 bits per heavy atom. The topological polar surface area (TPSA) is 117 Å². The first-order chi connectivity index (χ1) is 11.3. The summed E-state index contributed by atoms with van der Waals surface area (Å²) in [4.78, 5) is 46.8. The van der Waals surface area contributed by atoms with Crippen LogP contribution in [0.1, 0.15) is 25.6 Å². The number of amides is 1. The van der Waals surface area contributed by atoms with E-state index in [4.69, 9.17) is 0 Å². The maximum absolute atomic E-state index is 11.9. The molecule has 0 spiro atoms. The molecule has 0 radical (unpaired) electrons. The molecule has 0 saturated carbocycles.